The van der Waals surface area contributed by atoms with E-state index in [0.29, 0.717) is 21.5 Å². The lowest BCUT2D eigenvalue weighted by Crippen LogP contribution is -2.45. The predicted octanol–water partition coefficient (Wildman–Crippen LogP) is 1.78. The van der Waals surface area contributed by atoms with Gasteiger partial charge in [-0.15, -0.1) is 0 Å². The Morgan fingerprint density at radius 2 is 1.75 bits per heavy atom. The molecule has 0 saturated heterocycles. The maximum Gasteiger partial charge on any atom is 0.258 e. The Bertz CT molecular complexity index is 1100. The molecule has 0 spiro atoms. The second-order valence-corrected chi connectivity index (χ2v) is 9.69. The number of likely N-dealkylation sites (N-methyl/N-ethyl adjacent to an activating group) is 1. The lowest BCUT2D eigenvalue weighted by molar-refractivity contribution is -0.190. The molecular formula is C21H26ClF2N3O8S. The molecule has 0 fully saturated rings. The first-order valence-corrected chi connectivity index (χ1v) is 12.2. The Balaban J connectivity index is 2.25. The fourth-order valence-corrected chi connectivity index (χ4v) is 4.31. The fraction of sp³-hybridized carbons (Fsp3) is 0.381. The van der Waals surface area contributed by atoms with Gasteiger partial charge >= 0.3 is 0 Å². The van der Waals surface area contributed by atoms with Crippen molar-refractivity contribution in [2.45, 2.75) is 11.3 Å². The molecule has 0 aliphatic heterocycles. The Hall–Kier alpha value is -2.43. The third-order valence-corrected chi connectivity index (χ3v) is 6.80. The van der Waals surface area contributed by atoms with Crippen LogP contribution >= 0.6 is 11.6 Å². The van der Waals surface area contributed by atoms with Crippen molar-refractivity contribution in [1.29, 1.82) is 0 Å². The summed E-state index contributed by atoms with van der Waals surface area (Å²) in [4.78, 5) is 12.1. The third-order valence-electron chi connectivity index (χ3n) is 4.72. The first kappa shape index (κ1) is 29.8. The summed E-state index contributed by atoms with van der Waals surface area (Å²) >= 11 is 5.77. The number of halogens is 3. The van der Waals surface area contributed by atoms with Gasteiger partial charge in [0.25, 0.3) is 5.91 Å². The van der Waals surface area contributed by atoms with Crippen molar-refractivity contribution in [3.8, 4) is 11.5 Å². The molecule has 0 radical (unpaired) electrons. The molecule has 2 rings (SSSR count). The van der Waals surface area contributed by atoms with Gasteiger partial charge in [0.2, 0.25) is 16.4 Å². The summed E-state index contributed by atoms with van der Waals surface area (Å²) in [5.74, 6) is -4.50. The van der Waals surface area contributed by atoms with Crippen molar-refractivity contribution < 1.29 is 46.5 Å². The van der Waals surface area contributed by atoms with Crippen molar-refractivity contribution in [3.05, 3.63) is 53.1 Å². The molecule has 3 N–H and O–H groups in total. The quantitative estimate of drug-likeness (QED) is 0.138. The number of sulfonamides is 1. The number of aliphatic hydroxyl groups is 1. The molecule has 1 amide bonds. The van der Waals surface area contributed by atoms with Crippen LogP contribution in [0.2, 0.25) is 5.02 Å². The van der Waals surface area contributed by atoms with E-state index in [1.807, 2.05) is 0 Å². The lowest BCUT2D eigenvalue weighted by atomic mass is 10.3. The number of hydrogen-bond donors (Lipinski definition) is 3. The highest BCUT2D eigenvalue weighted by molar-refractivity contribution is 7.89. The summed E-state index contributed by atoms with van der Waals surface area (Å²) in [6.45, 7) is -1.19. The Kier molecular flexibility index (Phi) is 11.4. The average Bonchev–Trinajstić information content (AvgIpc) is 2.84. The predicted molar refractivity (Wildman–Crippen MR) is 123 cm³/mol. The van der Waals surface area contributed by atoms with Crippen LogP contribution in [0.1, 0.15) is 0 Å². The molecule has 11 nitrogen and oxygen atoms in total. The third kappa shape index (κ3) is 8.31. The number of carbonyl (C=O) groups excluding carboxylic acids is 1. The molecule has 2 aromatic carbocycles. The van der Waals surface area contributed by atoms with E-state index in [-0.39, 0.29) is 25.5 Å². The molecule has 15 heteroatoms. The highest BCUT2D eigenvalue weighted by Gasteiger charge is 2.30. The highest BCUT2D eigenvalue weighted by atomic mass is 35.5. The number of nitrogens with zero attached hydrogens (tertiary/aromatic N) is 2. The molecule has 0 bridgehead atoms. The summed E-state index contributed by atoms with van der Waals surface area (Å²) in [5, 5.41) is 19.2. The van der Waals surface area contributed by atoms with Gasteiger partial charge in [0, 0.05) is 25.2 Å². The van der Waals surface area contributed by atoms with Gasteiger partial charge < -0.3 is 19.3 Å². The molecule has 0 aromatic heterocycles. The highest BCUT2D eigenvalue weighted by Crippen LogP contribution is 2.31. The van der Waals surface area contributed by atoms with Gasteiger partial charge in [0.1, 0.15) is 5.75 Å². The first-order chi connectivity index (χ1) is 17.0. The van der Waals surface area contributed by atoms with Crippen molar-refractivity contribution in [1.82, 2.24) is 14.7 Å². The van der Waals surface area contributed by atoms with Crippen LogP contribution < -0.4 is 10.2 Å². The molecule has 1 atom stereocenters. The Morgan fingerprint density at radius 1 is 1.14 bits per heavy atom. The summed E-state index contributed by atoms with van der Waals surface area (Å²) in [6.07, 6.45) is -1.42. The monoisotopic (exact) mass is 553 g/mol. The standard InChI is InChI=1S/C21H26ClF2N3O8S/c1-26(21(29)34-10-9-33-2)7-8-27(13-19(28)25-30)36(31,32)16-11-17(23)20(18(24)12-16)35-15-5-3-14(22)4-6-15/h3-6,11-12,21,29-30H,7-10,13H2,1-2H3,(H,25,28). The van der Waals surface area contributed by atoms with Crippen molar-refractivity contribution >= 4 is 27.5 Å². The van der Waals surface area contributed by atoms with Crippen LogP contribution in [0.4, 0.5) is 8.78 Å². The van der Waals surface area contributed by atoms with Gasteiger partial charge in [0.05, 0.1) is 24.7 Å². The molecule has 1 unspecified atom stereocenters. The number of benzene rings is 2. The zero-order chi connectivity index (χ0) is 26.9. The largest absolute Gasteiger partial charge is 0.451 e. The van der Waals surface area contributed by atoms with Crippen molar-refractivity contribution in [3.63, 3.8) is 0 Å². The van der Waals surface area contributed by atoms with E-state index in [9.17, 15) is 27.1 Å². The van der Waals surface area contributed by atoms with E-state index in [2.05, 4.69) is 0 Å². The van der Waals surface area contributed by atoms with Crippen LogP contribution in [0.15, 0.2) is 41.3 Å². The van der Waals surface area contributed by atoms with E-state index < -0.39 is 57.7 Å². The van der Waals surface area contributed by atoms with Crippen LogP contribution in [0.3, 0.4) is 0 Å². The number of nitrogens with one attached hydrogen (secondary N) is 1. The van der Waals surface area contributed by atoms with Gasteiger partial charge in [-0.25, -0.2) is 22.7 Å². The van der Waals surface area contributed by atoms with Gasteiger partial charge in [-0.3, -0.25) is 14.9 Å². The topological polar surface area (TPSA) is 138 Å². The number of ether oxygens (including phenoxy) is 3. The SMILES string of the molecule is COCCOC(O)N(C)CCN(CC(=O)NO)S(=O)(=O)c1cc(F)c(Oc2ccc(Cl)cc2)c(F)c1. The molecule has 0 aliphatic rings. The van der Waals surface area contributed by atoms with Crippen LogP contribution in [0.5, 0.6) is 11.5 Å². The van der Waals surface area contributed by atoms with E-state index >= 15 is 0 Å². The number of hydrogen-bond acceptors (Lipinski definition) is 9. The summed E-state index contributed by atoms with van der Waals surface area (Å²) in [6, 6.07) is 6.69. The molecule has 2 aromatic rings. The molecule has 200 valence electrons. The number of rotatable bonds is 14. The molecule has 0 heterocycles. The minimum Gasteiger partial charge on any atom is -0.451 e. The second-order valence-electron chi connectivity index (χ2n) is 7.32. The number of methoxy groups -OCH3 is 1. The Morgan fingerprint density at radius 3 is 2.31 bits per heavy atom. The molecule has 0 saturated carbocycles. The Labute approximate surface area is 211 Å². The maximum atomic E-state index is 14.7. The summed E-state index contributed by atoms with van der Waals surface area (Å²) in [7, 11) is -1.80. The molecule has 36 heavy (non-hydrogen) atoms. The number of hydroxylamine groups is 1. The second kappa shape index (κ2) is 13.8. The first-order valence-electron chi connectivity index (χ1n) is 10.3. The summed E-state index contributed by atoms with van der Waals surface area (Å²) in [5.41, 5.74) is 1.30. The number of aliphatic hydroxyl groups excluding tert-OH is 1. The van der Waals surface area contributed by atoms with E-state index in [1.165, 1.54) is 48.8 Å². The normalized spacial score (nSPS) is 12.7. The lowest BCUT2D eigenvalue weighted by Gasteiger charge is -2.27. The van der Waals surface area contributed by atoms with Gasteiger partial charge in [-0.05, 0) is 43.4 Å². The van der Waals surface area contributed by atoms with Crippen LogP contribution in [0.25, 0.3) is 0 Å². The maximum absolute atomic E-state index is 14.7. The zero-order valence-electron chi connectivity index (χ0n) is 19.4. The van der Waals surface area contributed by atoms with Gasteiger partial charge in [-0.2, -0.15) is 4.31 Å². The van der Waals surface area contributed by atoms with Crippen LogP contribution in [-0.2, 0) is 24.3 Å². The van der Waals surface area contributed by atoms with Gasteiger partial charge in [0.15, 0.2) is 17.4 Å². The van der Waals surface area contributed by atoms with E-state index in [4.69, 9.17) is 31.0 Å². The summed E-state index contributed by atoms with van der Waals surface area (Å²) < 4.78 is 71.3. The molecular weight excluding hydrogens is 528 g/mol. The van der Waals surface area contributed by atoms with Crippen molar-refractivity contribution in [2.75, 3.05) is 47.0 Å². The number of amides is 1. The average molecular weight is 554 g/mol. The van der Waals surface area contributed by atoms with E-state index in [0.717, 1.165) is 0 Å². The van der Waals surface area contributed by atoms with E-state index in [1.54, 1.807) is 0 Å². The van der Waals surface area contributed by atoms with Crippen LogP contribution in [-0.4, -0.2) is 87.3 Å². The number of carbonyl (C=O) groups is 1. The zero-order valence-corrected chi connectivity index (χ0v) is 20.9. The minimum absolute atomic E-state index is 0.0555. The minimum atomic E-state index is -4.65. The van der Waals surface area contributed by atoms with Gasteiger partial charge in [-0.1, -0.05) is 11.6 Å². The smallest absolute Gasteiger partial charge is 0.258 e. The molecule has 0 aliphatic carbocycles. The van der Waals surface area contributed by atoms with Crippen LogP contribution in [0, 0.1) is 11.6 Å². The fourth-order valence-electron chi connectivity index (χ4n) is 2.78. The van der Waals surface area contributed by atoms with Crippen molar-refractivity contribution in [2.24, 2.45) is 0 Å².